The van der Waals surface area contributed by atoms with Crippen LogP contribution in [0.4, 0.5) is 0 Å². The molecule has 0 spiro atoms. The minimum atomic E-state index is -2.46. The van der Waals surface area contributed by atoms with E-state index in [0.29, 0.717) is 26.4 Å². The van der Waals surface area contributed by atoms with Crippen molar-refractivity contribution in [3.05, 3.63) is 0 Å². The lowest BCUT2D eigenvalue weighted by Gasteiger charge is -2.28. The maximum Gasteiger partial charge on any atom is 0.500 e. The van der Waals surface area contributed by atoms with Crippen LogP contribution >= 0.6 is 0 Å². The molecule has 0 amide bonds. The van der Waals surface area contributed by atoms with Gasteiger partial charge in [0.05, 0.1) is 0 Å². The Balaban J connectivity index is 3.97. The maximum absolute atomic E-state index is 5.76. The number of nitrogens with one attached hydrogen (secondary N) is 2. The fourth-order valence-electron chi connectivity index (χ4n) is 1.64. The highest BCUT2D eigenvalue weighted by atomic mass is 28.4. The first-order valence-electron chi connectivity index (χ1n) is 6.82. The van der Waals surface area contributed by atoms with Crippen molar-refractivity contribution in [1.29, 1.82) is 0 Å². The highest BCUT2D eigenvalue weighted by Gasteiger charge is 2.39. The van der Waals surface area contributed by atoms with Crippen molar-refractivity contribution in [2.45, 2.75) is 33.2 Å². The van der Waals surface area contributed by atoms with Gasteiger partial charge in [0.2, 0.25) is 0 Å². The van der Waals surface area contributed by atoms with Crippen LogP contribution in [0.3, 0.4) is 0 Å². The van der Waals surface area contributed by atoms with Gasteiger partial charge < -0.3 is 19.0 Å². The summed E-state index contributed by atoms with van der Waals surface area (Å²) in [5, 5.41) is 0. The zero-order chi connectivity index (χ0) is 13.7. The number of hydrogen-bond donors (Lipinski definition) is 3. The van der Waals surface area contributed by atoms with Crippen molar-refractivity contribution in [1.82, 2.24) is 10.9 Å². The van der Waals surface area contributed by atoms with Gasteiger partial charge in [0, 0.05) is 45.5 Å². The topological polar surface area (TPSA) is 77.8 Å². The lowest BCUT2D eigenvalue weighted by molar-refractivity contribution is 0.0707. The number of hydrogen-bond acceptors (Lipinski definition) is 6. The first-order chi connectivity index (χ1) is 8.74. The van der Waals surface area contributed by atoms with Gasteiger partial charge in [-0.2, -0.15) is 0 Å². The SMILES string of the molecule is CCO[Si](CCCNNCCN)(OCC)OCC. The molecule has 0 radical (unpaired) electrons. The van der Waals surface area contributed by atoms with Crippen molar-refractivity contribution >= 4 is 8.80 Å². The molecule has 0 fully saturated rings. The molecule has 0 aliphatic heterocycles. The van der Waals surface area contributed by atoms with Gasteiger partial charge in [-0.1, -0.05) is 0 Å². The van der Waals surface area contributed by atoms with Gasteiger partial charge in [-0.25, -0.2) is 0 Å². The molecule has 0 aliphatic rings. The second kappa shape index (κ2) is 12.0. The Hall–Kier alpha value is -0.0231. The zero-order valence-electron chi connectivity index (χ0n) is 12.0. The third kappa shape index (κ3) is 8.14. The monoisotopic (exact) mass is 279 g/mol. The number of hydrazine groups is 1. The van der Waals surface area contributed by atoms with Gasteiger partial charge in [-0.3, -0.25) is 10.9 Å². The molecule has 0 aromatic heterocycles. The summed E-state index contributed by atoms with van der Waals surface area (Å²) in [5.41, 5.74) is 11.5. The molecule has 110 valence electrons. The number of rotatable bonds is 13. The van der Waals surface area contributed by atoms with E-state index in [9.17, 15) is 0 Å². The second-order valence-electron chi connectivity index (χ2n) is 3.73. The Kier molecular flexibility index (Phi) is 12.0. The molecular weight excluding hydrogens is 250 g/mol. The van der Waals surface area contributed by atoms with Gasteiger partial charge in [0.25, 0.3) is 0 Å². The Morgan fingerprint density at radius 1 is 0.889 bits per heavy atom. The molecule has 6 nitrogen and oxygen atoms in total. The summed E-state index contributed by atoms with van der Waals surface area (Å²) in [6, 6.07) is 0.833. The van der Waals surface area contributed by atoms with Crippen molar-refractivity contribution in [2.75, 3.05) is 39.5 Å². The van der Waals surface area contributed by atoms with Crippen LogP contribution in [0.5, 0.6) is 0 Å². The molecule has 0 bridgehead atoms. The Morgan fingerprint density at radius 2 is 1.39 bits per heavy atom. The van der Waals surface area contributed by atoms with E-state index in [0.717, 1.165) is 25.6 Å². The van der Waals surface area contributed by atoms with Crippen LogP contribution < -0.4 is 16.6 Å². The molecule has 18 heavy (non-hydrogen) atoms. The highest BCUT2D eigenvalue weighted by molar-refractivity contribution is 6.60. The Labute approximate surface area is 112 Å². The molecule has 4 N–H and O–H groups in total. The van der Waals surface area contributed by atoms with Crippen LogP contribution in [0.25, 0.3) is 0 Å². The van der Waals surface area contributed by atoms with Crippen LogP contribution in [0.1, 0.15) is 27.2 Å². The third-order valence-electron chi connectivity index (χ3n) is 2.27. The minimum Gasteiger partial charge on any atom is -0.374 e. The van der Waals surface area contributed by atoms with Crippen molar-refractivity contribution < 1.29 is 13.3 Å². The van der Waals surface area contributed by atoms with E-state index < -0.39 is 8.80 Å². The van der Waals surface area contributed by atoms with Gasteiger partial charge >= 0.3 is 8.80 Å². The molecule has 0 aliphatic carbocycles. The summed E-state index contributed by atoms with van der Waals surface area (Å²) >= 11 is 0. The highest BCUT2D eigenvalue weighted by Crippen LogP contribution is 2.17. The molecule has 0 heterocycles. The second-order valence-corrected chi connectivity index (χ2v) is 6.46. The fourth-order valence-corrected chi connectivity index (χ4v) is 4.26. The Bertz CT molecular complexity index is 170. The summed E-state index contributed by atoms with van der Waals surface area (Å²) < 4.78 is 17.3. The van der Waals surface area contributed by atoms with Gasteiger partial charge in [0.1, 0.15) is 0 Å². The molecule has 0 atom stereocenters. The van der Waals surface area contributed by atoms with Crippen molar-refractivity contribution in [3.8, 4) is 0 Å². The lowest BCUT2D eigenvalue weighted by Crippen LogP contribution is -2.46. The molecule has 0 rings (SSSR count). The summed E-state index contributed by atoms with van der Waals surface area (Å²) in [6.07, 6.45) is 0.948. The summed E-state index contributed by atoms with van der Waals surface area (Å²) in [4.78, 5) is 0. The molecule has 0 saturated heterocycles. The molecule has 0 aromatic rings. The van der Waals surface area contributed by atoms with Crippen LogP contribution in [0.2, 0.25) is 6.04 Å². The first-order valence-corrected chi connectivity index (χ1v) is 8.75. The smallest absolute Gasteiger partial charge is 0.374 e. The van der Waals surface area contributed by atoms with E-state index in [1.165, 1.54) is 0 Å². The summed E-state index contributed by atoms with van der Waals surface area (Å²) in [7, 11) is -2.46. The van der Waals surface area contributed by atoms with E-state index in [4.69, 9.17) is 19.0 Å². The van der Waals surface area contributed by atoms with Gasteiger partial charge in [-0.05, 0) is 27.2 Å². The standard InChI is InChI=1S/C11H29N3O3Si/c1-4-15-18(16-5-2,17-6-3)11-7-9-13-14-10-8-12/h13-14H,4-12H2,1-3H3. The van der Waals surface area contributed by atoms with Crippen LogP contribution in [-0.4, -0.2) is 48.3 Å². The van der Waals surface area contributed by atoms with E-state index in [1.807, 2.05) is 20.8 Å². The fraction of sp³-hybridized carbons (Fsp3) is 1.00. The quantitative estimate of drug-likeness (QED) is 0.259. The normalized spacial score (nSPS) is 12.0. The Morgan fingerprint density at radius 3 is 1.83 bits per heavy atom. The molecule has 7 heteroatoms. The van der Waals surface area contributed by atoms with Gasteiger partial charge in [0.15, 0.2) is 0 Å². The predicted octanol–water partition coefficient (Wildman–Crippen LogP) is 0.478. The van der Waals surface area contributed by atoms with E-state index in [1.54, 1.807) is 0 Å². The molecular formula is C11H29N3O3Si. The maximum atomic E-state index is 5.76. The third-order valence-corrected chi connectivity index (χ3v) is 5.42. The predicted molar refractivity (Wildman–Crippen MR) is 75.1 cm³/mol. The lowest BCUT2D eigenvalue weighted by atomic mass is 10.5. The summed E-state index contributed by atoms with van der Waals surface area (Å²) in [6.45, 7) is 10.1. The average Bonchev–Trinajstić information content (AvgIpc) is 2.35. The average molecular weight is 279 g/mol. The number of nitrogens with two attached hydrogens (primary N) is 1. The van der Waals surface area contributed by atoms with E-state index in [-0.39, 0.29) is 0 Å². The van der Waals surface area contributed by atoms with Crippen LogP contribution in [-0.2, 0) is 13.3 Å². The van der Waals surface area contributed by atoms with Crippen molar-refractivity contribution in [2.24, 2.45) is 5.73 Å². The zero-order valence-corrected chi connectivity index (χ0v) is 13.0. The van der Waals surface area contributed by atoms with Crippen LogP contribution in [0, 0.1) is 0 Å². The molecule has 0 aromatic carbocycles. The van der Waals surface area contributed by atoms with Crippen molar-refractivity contribution in [3.63, 3.8) is 0 Å². The minimum absolute atomic E-state index is 0.628. The van der Waals surface area contributed by atoms with Crippen LogP contribution in [0.15, 0.2) is 0 Å². The molecule has 0 saturated carbocycles. The van der Waals surface area contributed by atoms with E-state index >= 15 is 0 Å². The first kappa shape index (κ1) is 18.0. The van der Waals surface area contributed by atoms with Gasteiger partial charge in [-0.15, -0.1) is 0 Å². The largest absolute Gasteiger partial charge is 0.500 e. The molecule has 0 unspecified atom stereocenters. The van der Waals surface area contributed by atoms with E-state index in [2.05, 4.69) is 10.9 Å². The summed E-state index contributed by atoms with van der Waals surface area (Å²) in [5.74, 6) is 0.